The maximum absolute atomic E-state index is 12.1. The fourth-order valence-electron chi connectivity index (χ4n) is 2.45. The number of nitrogens with zero attached hydrogens (tertiary/aromatic N) is 2. The van der Waals surface area contributed by atoms with E-state index in [-0.39, 0.29) is 18.0 Å². The second kappa shape index (κ2) is 8.37. The number of benzene rings is 1. The summed E-state index contributed by atoms with van der Waals surface area (Å²) >= 11 is 6.33. The fraction of sp³-hybridized carbons (Fsp3) is 0.562. The van der Waals surface area contributed by atoms with Crippen molar-refractivity contribution in [1.82, 2.24) is 9.80 Å². The zero-order chi connectivity index (χ0) is 16.0. The first-order valence-electron chi connectivity index (χ1n) is 7.32. The molecule has 118 valence electrons. The molecule has 0 aromatic heterocycles. The van der Waals surface area contributed by atoms with E-state index in [4.69, 9.17) is 17.3 Å². The van der Waals surface area contributed by atoms with Crippen LogP contribution in [0.25, 0.3) is 0 Å². The van der Waals surface area contributed by atoms with E-state index in [0.717, 1.165) is 18.5 Å². The van der Waals surface area contributed by atoms with Crippen LogP contribution in [0.1, 0.15) is 31.9 Å². The van der Waals surface area contributed by atoms with Gasteiger partial charge in [-0.1, -0.05) is 36.7 Å². The quantitative estimate of drug-likeness (QED) is 0.842. The van der Waals surface area contributed by atoms with E-state index in [1.165, 1.54) is 0 Å². The standard InChI is InChI=1S/C16H26ClN3O/c1-5-10-20(11-15(21)19(3)4)16(12(2)18)13-8-6-7-9-14(13)17/h6-9,12,16H,5,10-11,18H2,1-4H3. The Labute approximate surface area is 132 Å². The maximum Gasteiger partial charge on any atom is 0.236 e. The van der Waals surface area contributed by atoms with Crippen molar-refractivity contribution in [2.45, 2.75) is 32.4 Å². The molecule has 0 heterocycles. The van der Waals surface area contributed by atoms with Crippen LogP contribution in [0.4, 0.5) is 0 Å². The minimum absolute atomic E-state index is 0.0671. The number of amides is 1. The van der Waals surface area contributed by atoms with Gasteiger partial charge < -0.3 is 10.6 Å². The van der Waals surface area contributed by atoms with Crippen LogP contribution in [-0.2, 0) is 4.79 Å². The number of carbonyl (C=O) groups excluding carboxylic acids is 1. The highest BCUT2D eigenvalue weighted by Crippen LogP contribution is 2.29. The third kappa shape index (κ3) is 4.99. The van der Waals surface area contributed by atoms with Crippen molar-refractivity contribution < 1.29 is 4.79 Å². The van der Waals surface area contributed by atoms with Crippen LogP contribution in [-0.4, -0.2) is 48.9 Å². The molecule has 1 amide bonds. The monoisotopic (exact) mass is 311 g/mol. The maximum atomic E-state index is 12.1. The lowest BCUT2D eigenvalue weighted by atomic mass is 9.98. The highest BCUT2D eigenvalue weighted by atomic mass is 35.5. The van der Waals surface area contributed by atoms with E-state index in [1.54, 1.807) is 19.0 Å². The third-order valence-corrected chi connectivity index (χ3v) is 3.81. The molecule has 0 spiro atoms. The minimum atomic E-state index is -0.119. The van der Waals surface area contributed by atoms with Gasteiger partial charge in [0.25, 0.3) is 0 Å². The Balaban J connectivity index is 3.09. The first-order chi connectivity index (χ1) is 9.88. The minimum Gasteiger partial charge on any atom is -0.348 e. The van der Waals surface area contributed by atoms with Crippen molar-refractivity contribution in [3.63, 3.8) is 0 Å². The summed E-state index contributed by atoms with van der Waals surface area (Å²) in [5, 5.41) is 0.693. The molecule has 5 heteroatoms. The molecule has 0 aliphatic carbocycles. The van der Waals surface area contributed by atoms with Gasteiger partial charge in [-0.3, -0.25) is 9.69 Å². The molecule has 4 nitrogen and oxygen atoms in total. The predicted octanol–water partition coefficient (Wildman–Crippen LogP) is 2.53. The van der Waals surface area contributed by atoms with Crippen LogP contribution >= 0.6 is 11.6 Å². The largest absolute Gasteiger partial charge is 0.348 e. The van der Waals surface area contributed by atoms with Gasteiger partial charge in [0.05, 0.1) is 12.6 Å². The molecule has 2 unspecified atom stereocenters. The molecule has 0 aliphatic heterocycles. The molecule has 0 saturated heterocycles. The lowest BCUT2D eigenvalue weighted by Gasteiger charge is -2.35. The van der Waals surface area contributed by atoms with Gasteiger partial charge in [-0.2, -0.15) is 0 Å². The van der Waals surface area contributed by atoms with Crippen molar-refractivity contribution in [2.75, 3.05) is 27.2 Å². The molecule has 0 bridgehead atoms. The SMILES string of the molecule is CCCN(CC(=O)N(C)C)C(c1ccccc1Cl)C(C)N. The van der Waals surface area contributed by atoms with Crippen molar-refractivity contribution >= 4 is 17.5 Å². The van der Waals surface area contributed by atoms with Crippen LogP contribution in [0.5, 0.6) is 0 Å². The average Bonchev–Trinajstić information content (AvgIpc) is 2.40. The highest BCUT2D eigenvalue weighted by molar-refractivity contribution is 6.31. The molecule has 1 aromatic rings. The first-order valence-corrected chi connectivity index (χ1v) is 7.70. The van der Waals surface area contributed by atoms with E-state index in [0.29, 0.717) is 11.6 Å². The number of carbonyl (C=O) groups is 1. The van der Waals surface area contributed by atoms with E-state index < -0.39 is 0 Å². The highest BCUT2D eigenvalue weighted by Gasteiger charge is 2.27. The molecule has 1 rings (SSSR count). The molecule has 0 saturated carbocycles. The molecule has 1 aromatic carbocycles. The molecule has 0 aliphatic rings. The molecule has 21 heavy (non-hydrogen) atoms. The average molecular weight is 312 g/mol. The van der Waals surface area contributed by atoms with Gasteiger partial charge in [-0.15, -0.1) is 0 Å². The zero-order valence-corrected chi connectivity index (χ0v) is 14.1. The summed E-state index contributed by atoms with van der Waals surface area (Å²) in [4.78, 5) is 15.8. The second-order valence-corrected chi connectivity index (χ2v) is 5.99. The van der Waals surface area contributed by atoms with Gasteiger partial charge in [0.15, 0.2) is 0 Å². The Kier molecular flexibility index (Phi) is 7.15. The summed E-state index contributed by atoms with van der Waals surface area (Å²) < 4.78 is 0. The lowest BCUT2D eigenvalue weighted by Crippen LogP contribution is -2.45. The Bertz CT molecular complexity index is 463. The van der Waals surface area contributed by atoms with Gasteiger partial charge in [0.1, 0.15) is 0 Å². The lowest BCUT2D eigenvalue weighted by molar-refractivity contribution is -0.130. The van der Waals surface area contributed by atoms with Gasteiger partial charge in [0.2, 0.25) is 5.91 Å². The molecule has 0 radical (unpaired) electrons. The Morgan fingerprint density at radius 1 is 1.33 bits per heavy atom. The van der Waals surface area contributed by atoms with Gasteiger partial charge >= 0.3 is 0 Å². The van der Waals surface area contributed by atoms with Crippen molar-refractivity contribution in [1.29, 1.82) is 0 Å². The van der Waals surface area contributed by atoms with E-state index in [1.807, 2.05) is 31.2 Å². The van der Waals surface area contributed by atoms with Crippen molar-refractivity contribution in [3.8, 4) is 0 Å². The number of likely N-dealkylation sites (N-methyl/N-ethyl adjacent to an activating group) is 1. The van der Waals surface area contributed by atoms with Gasteiger partial charge in [-0.05, 0) is 31.5 Å². The summed E-state index contributed by atoms with van der Waals surface area (Å²) in [5.41, 5.74) is 7.18. The van der Waals surface area contributed by atoms with Crippen molar-refractivity contribution in [2.24, 2.45) is 5.73 Å². The summed E-state index contributed by atoms with van der Waals surface area (Å²) in [6.07, 6.45) is 0.953. The normalized spacial score (nSPS) is 14.0. The fourth-order valence-corrected chi connectivity index (χ4v) is 2.69. The van der Waals surface area contributed by atoms with Gasteiger partial charge in [0, 0.05) is 25.2 Å². The van der Waals surface area contributed by atoms with E-state index >= 15 is 0 Å². The van der Waals surface area contributed by atoms with Crippen molar-refractivity contribution in [3.05, 3.63) is 34.9 Å². The summed E-state index contributed by atoms with van der Waals surface area (Å²) in [5.74, 6) is 0.0705. The first kappa shape index (κ1) is 18.0. The second-order valence-electron chi connectivity index (χ2n) is 5.58. The Morgan fingerprint density at radius 2 is 1.95 bits per heavy atom. The number of nitrogens with two attached hydrogens (primary N) is 1. The zero-order valence-electron chi connectivity index (χ0n) is 13.3. The van der Waals surface area contributed by atoms with E-state index in [2.05, 4.69) is 11.8 Å². The van der Waals surface area contributed by atoms with E-state index in [9.17, 15) is 4.79 Å². The molecule has 2 atom stereocenters. The van der Waals surface area contributed by atoms with Crippen LogP contribution in [0.3, 0.4) is 0 Å². The Morgan fingerprint density at radius 3 is 2.43 bits per heavy atom. The smallest absolute Gasteiger partial charge is 0.236 e. The number of rotatable bonds is 7. The molecular formula is C16H26ClN3O. The summed E-state index contributed by atoms with van der Waals surface area (Å²) in [7, 11) is 3.53. The predicted molar refractivity (Wildman–Crippen MR) is 88.4 cm³/mol. The summed E-state index contributed by atoms with van der Waals surface area (Å²) in [6.45, 7) is 5.20. The molecular weight excluding hydrogens is 286 g/mol. The van der Waals surface area contributed by atoms with Crippen LogP contribution < -0.4 is 5.73 Å². The summed E-state index contributed by atoms with van der Waals surface area (Å²) in [6, 6.07) is 7.52. The third-order valence-electron chi connectivity index (χ3n) is 3.46. The molecule has 2 N–H and O–H groups in total. The van der Waals surface area contributed by atoms with Crippen LogP contribution in [0.2, 0.25) is 5.02 Å². The van der Waals surface area contributed by atoms with Crippen LogP contribution in [0.15, 0.2) is 24.3 Å². The van der Waals surface area contributed by atoms with Crippen LogP contribution in [0, 0.1) is 0 Å². The number of hydrogen-bond acceptors (Lipinski definition) is 3. The van der Waals surface area contributed by atoms with Gasteiger partial charge in [-0.25, -0.2) is 0 Å². The molecule has 0 fully saturated rings. The topological polar surface area (TPSA) is 49.6 Å². The number of halogens is 1. The number of hydrogen-bond donors (Lipinski definition) is 1. The Hall–Kier alpha value is -1.10.